The second-order valence-electron chi connectivity index (χ2n) is 10.5. The Morgan fingerprint density at radius 3 is 2.81 bits per heavy atom. The first-order valence-corrected chi connectivity index (χ1v) is 12.9. The SMILES string of the molecule is Cc1ccnc(C2CC2C(=O)Nc2cc(N3C[C@@H](O)C[C@@H]3c3cn4cc(C5CC5)cnc4n3)ncn2)c1. The predicted octanol–water partition coefficient (Wildman–Crippen LogP) is 3.15. The molecule has 5 heterocycles. The molecule has 4 aromatic rings. The van der Waals surface area contributed by atoms with Gasteiger partial charge in [-0.25, -0.2) is 19.9 Å². The number of carbonyl (C=O) groups is 1. The first-order chi connectivity index (χ1) is 18.0. The van der Waals surface area contributed by atoms with Gasteiger partial charge in [-0.1, -0.05) is 0 Å². The number of rotatable bonds is 6. The van der Waals surface area contributed by atoms with Crippen LogP contribution in [0.2, 0.25) is 0 Å². The molecule has 10 heteroatoms. The van der Waals surface area contributed by atoms with E-state index in [1.807, 2.05) is 40.8 Å². The summed E-state index contributed by atoms with van der Waals surface area (Å²) in [6.45, 7) is 2.45. The minimum atomic E-state index is -0.508. The molecule has 0 aromatic carbocycles. The molecule has 0 spiro atoms. The molecule has 1 amide bonds. The van der Waals surface area contributed by atoms with Crippen LogP contribution in [0.5, 0.6) is 0 Å². The molecule has 4 atom stereocenters. The van der Waals surface area contributed by atoms with Crippen LogP contribution in [0.4, 0.5) is 11.6 Å². The normalized spacial score (nSPS) is 25.0. The van der Waals surface area contributed by atoms with E-state index in [1.165, 1.54) is 24.7 Å². The molecule has 1 aliphatic heterocycles. The Labute approximate surface area is 213 Å². The maximum atomic E-state index is 12.9. The smallest absolute Gasteiger partial charge is 0.234 e. The van der Waals surface area contributed by atoms with Crippen molar-refractivity contribution < 1.29 is 9.90 Å². The maximum Gasteiger partial charge on any atom is 0.234 e. The molecule has 37 heavy (non-hydrogen) atoms. The fourth-order valence-corrected chi connectivity index (χ4v) is 5.42. The number of hydrogen-bond donors (Lipinski definition) is 2. The quantitative estimate of drug-likeness (QED) is 0.418. The highest BCUT2D eigenvalue weighted by Gasteiger charge is 2.45. The highest BCUT2D eigenvalue weighted by molar-refractivity contribution is 5.94. The lowest BCUT2D eigenvalue weighted by Gasteiger charge is -2.24. The predicted molar refractivity (Wildman–Crippen MR) is 136 cm³/mol. The van der Waals surface area contributed by atoms with E-state index in [2.05, 4.69) is 31.4 Å². The molecule has 3 aliphatic rings. The number of carbonyl (C=O) groups excluding carboxylic acids is 1. The van der Waals surface area contributed by atoms with Crippen molar-refractivity contribution in [3.05, 3.63) is 71.8 Å². The van der Waals surface area contributed by atoms with Crippen molar-refractivity contribution in [2.75, 3.05) is 16.8 Å². The van der Waals surface area contributed by atoms with Gasteiger partial charge in [0.05, 0.1) is 17.8 Å². The monoisotopic (exact) mass is 496 g/mol. The van der Waals surface area contributed by atoms with Gasteiger partial charge in [0.2, 0.25) is 11.7 Å². The number of pyridine rings is 1. The van der Waals surface area contributed by atoms with E-state index >= 15 is 0 Å². The standard InChI is InChI=1S/C27H28N8O2/c1-15-4-5-28-21(6-15)19-8-20(19)26(37)33-24-9-25(31-14-30-24)35-12-18(36)7-23(35)22-13-34-11-17(16-2-3-16)10-29-27(34)32-22/h4-6,9-11,13-14,16,18-20,23,36H,2-3,7-8,12H2,1H3,(H,30,31,33,37)/t18-,19?,20?,23+/m0/s1. The summed E-state index contributed by atoms with van der Waals surface area (Å²) in [5.74, 6) is 2.32. The third kappa shape index (κ3) is 4.31. The minimum Gasteiger partial charge on any atom is -0.391 e. The van der Waals surface area contributed by atoms with Gasteiger partial charge in [-0.15, -0.1) is 0 Å². The second-order valence-corrected chi connectivity index (χ2v) is 10.5. The highest BCUT2D eigenvalue weighted by atomic mass is 16.3. The third-order valence-electron chi connectivity index (χ3n) is 7.66. The van der Waals surface area contributed by atoms with Crippen LogP contribution < -0.4 is 10.2 Å². The fraction of sp³-hybridized carbons (Fsp3) is 0.407. The summed E-state index contributed by atoms with van der Waals surface area (Å²) >= 11 is 0. The number of aliphatic hydroxyl groups excluding tert-OH is 1. The lowest BCUT2D eigenvalue weighted by Crippen LogP contribution is -2.26. The molecule has 3 fully saturated rings. The van der Waals surface area contributed by atoms with E-state index in [0.717, 1.165) is 23.4 Å². The van der Waals surface area contributed by atoms with Gasteiger partial charge in [0, 0.05) is 61.3 Å². The summed E-state index contributed by atoms with van der Waals surface area (Å²) in [7, 11) is 0. The Morgan fingerprint density at radius 2 is 1.97 bits per heavy atom. The van der Waals surface area contributed by atoms with Gasteiger partial charge in [-0.2, -0.15) is 0 Å². The highest BCUT2D eigenvalue weighted by Crippen LogP contribution is 2.47. The van der Waals surface area contributed by atoms with Crippen molar-refractivity contribution in [1.82, 2.24) is 29.3 Å². The first-order valence-electron chi connectivity index (χ1n) is 12.9. The summed E-state index contributed by atoms with van der Waals surface area (Å²) in [5.41, 5.74) is 4.19. The Hall–Kier alpha value is -3.92. The molecule has 0 bridgehead atoms. The molecule has 2 unspecified atom stereocenters. The average Bonchev–Trinajstić information content (AvgIpc) is 3.81. The van der Waals surface area contributed by atoms with Crippen molar-refractivity contribution >= 4 is 23.3 Å². The Balaban J connectivity index is 1.09. The van der Waals surface area contributed by atoms with Crippen molar-refractivity contribution in [3.63, 3.8) is 0 Å². The van der Waals surface area contributed by atoms with Gasteiger partial charge >= 0.3 is 0 Å². The molecular formula is C27H28N8O2. The summed E-state index contributed by atoms with van der Waals surface area (Å²) < 4.78 is 1.98. The molecule has 2 aliphatic carbocycles. The first kappa shape index (κ1) is 22.3. The van der Waals surface area contributed by atoms with E-state index in [9.17, 15) is 9.90 Å². The molecule has 2 saturated carbocycles. The Bertz CT molecular complexity index is 1500. The average molecular weight is 497 g/mol. The van der Waals surface area contributed by atoms with E-state index < -0.39 is 6.10 Å². The lowest BCUT2D eigenvalue weighted by molar-refractivity contribution is -0.117. The molecule has 10 nitrogen and oxygen atoms in total. The minimum absolute atomic E-state index is 0.0612. The number of nitrogens with zero attached hydrogens (tertiary/aromatic N) is 7. The molecule has 0 radical (unpaired) electrons. The van der Waals surface area contributed by atoms with Crippen molar-refractivity contribution in [3.8, 4) is 0 Å². The van der Waals surface area contributed by atoms with Gasteiger partial charge in [-0.3, -0.25) is 14.2 Å². The molecule has 4 aromatic heterocycles. The van der Waals surface area contributed by atoms with Gasteiger partial charge in [0.15, 0.2) is 0 Å². The van der Waals surface area contributed by atoms with E-state index in [-0.39, 0.29) is 23.8 Å². The molecule has 7 rings (SSSR count). The number of β-amino-alcohol motifs (C(OH)–C–C–N with tert-alkyl or cyclic N) is 1. The van der Waals surface area contributed by atoms with Crippen LogP contribution in [0.25, 0.3) is 5.78 Å². The van der Waals surface area contributed by atoms with Crippen LogP contribution in [0, 0.1) is 12.8 Å². The zero-order valence-corrected chi connectivity index (χ0v) is 20.5. The zero-order chi connectivity index (χ0) is 25.1. The number of fused-ring (bicyclic) bond motifs is 1. The largest absolute Gasteiger partial charge is 0.391 e. The summed E-state index contributed by atoms with van der Waals surface area (Å²) in [5, 5.41) is 13.5. The maximum absolute atomic E-state index is 12.9. The number of aliphatic hydroxyl groups is 1. The molecule has 1 saturated heterocycles. The van der Waals surface area contributed by atoms with Crippen molar-refractivity contribution in [2.24, 2.45) is 5.92 Å². The topological polar surface area (TPSA) is 121 Å². The van der Waals surface area contributed by atoms with Crippen LogP contribution in [-0.4, -0.2) is 53.0 Å². The van der Waals surface area contributed by atoms with Gasteiger partial charge in [0.1, 0.15) is 18.0 Å². The number of nitrogens with one attached hydrogen (secondary N) is 1. The van der Waals surface area contributed by atoms with Crippen LogP contribution in [0.3, 0.4) is 0 Å². The van der Waals surface area contributed by atoms with Gasteiger partial charge < -0.3 is 15.3 Å². The fourth-order valence-electron chi connectivity index (χ4n) is 5.42. The number of amides is 1. The van der Waals surface area contributed by atoms with E-state index in [0.29, 0.717) is 36.3 Å². The van der Waals surface area contributed by atoms with E-state index in [4.69, 9.17) is 4.98 Å². The number of aryl methyl sites for hydroxylation is 1. The summed E-state index contributed by atoms with van der Waals surface area (Å²) in [6.07, 6.45) is 12.5. The lowest BCUT2D eigenvalue weighted by atomic mass is 10.1. The van der Waals surface area contributed by atoms with Crippen LogP contribution in [0.1, 0.15) is 66.1 Å². The van der Waals surface area contributed by atoms with E-state index in [1.54, 1.807) is 12.3 Å². The summed E-state index contributed by atoms with van der Waals surface area (Å²) in [6, 6.07) is 5.62. The van der Waals surface area contributed by atoms with Crippen molar-refractivity contribution in [1.29, 1.82) is 0 Å². The van der Waals surface area contributed by atoms with Crippen LogP contribution in [0.15, 0.2) is 49.3 Å². The van der Waals surface area contributed by atoms with Crippen LogP contribution in [-0.2, 0) is 4.79 Å². The second kappa shape index (κ2) is 8.58. The zero-order valence-electron chi connectivity index (χ0n) is 20.5. The molecular weight excluding hydrogens is 468 g/mol. The number of anilines is 2. The molecule has 188 valence electrons. The van der Waals surface area contributed by atoms with Crippen molar-refractivity contribution in [2.45, 2.75) is 56.6 Å². The number of hydrogen-bond acceptors (Lipinski definition) is 8. The Kier molecular flexibility index (Phi) is 5.17. The van der Waals surface area contributed by atoms with Crippen LogP contribution >= 0.6 is 0 Å². The third-order valence-corrected chi connectivity index (χ3v) is 7.66. The summed E-state index contributed by atoms with van der Waals surface area (Å²) in [4.78, 5) is 37.4. The number of aromatic nitrogens is 6. The Morgan fingerprint density at radius 1 is 1.08 bits per heavy atom. The van der Waals surface area contributed by atoms with Gasteiger partial charge in [0.25, 0.3) is 0 Å². The molecule has 2 N–H and O–H groups in total. The number of imidazole rings is 1. The van der Waals surface area contributed by atoms with Gasteiger partial charge in [-0.05, 0) is 55.4 Å².